The van der Waals surface area contributed by atoms with Crippen molar-refractivity contribution >= 4 is 29.2 Å². The Labute approximate surface area is 123 Å². The van der Waals surface area contributed by atoms with E-state index in [0.29, 0.717) is 16.3 Å². The topological polar surface area (TPSA) is 40.9 Å². The summed E-state index contributed by atoms with van der Waals surface area (Å²) in [6.45, 7) is 1.53. The van der Waals surface area contributed by atoms with E-state index in [1.165, 1.54) is 6.92 Å². The predicted octanol–water partition coefficient (Wildman–Crippen LogP) is 4.62. The molecule has 0 saturated heterocycles. The van der Waals surface area contributed by atoms with Crippen LogP contribution in [0.4, 0.5) is 0 Å². The van der Waals surface area contributed by atoms with Gasteiger partial charge in [-0.15, -0.1) is 0 Å². The first-order valence-corrected chi connectivity index (χ1v) is 6.57. The monoisotopic (exact) mass is 283 g/mol. The Balaban J connectivity index is 2.13. The first-order valence-electron chi connectivity index (χ1n) is 6.20. The fourth-order valence-electron chi connectivity index (χ4n) is 1.77. The van der Waals surface area contributed by atoms with Crippen LogP contribution in [0.3, 0.4) is 0 Å². The summed E-state index contributed by atoms with van der Waals surface area (Å²) < 4.78 is 0. The molecule has 2 aromatic carbocycles. The summed E-state index contributed by atoms with van der Waals surface area (Å²) in [4.78, 5) is 11.2. The second-order valence-corrected chi connectivity index (χ2v) is 4.87. The number of carbonyl (C=O) groups excluding carboxylic acids is 1. The first-order chi connectivity index (χ1) is 9.56. The van der Waals surface area contributed by atoms with Crippen LogP contribution in [-0.4, -0.2) is 11.5 Å². The molecule has 0 heterocycles. The molecule has 0 aromatic heterocycles. The van der Waals surface area contributed by atoms with Crippen molar-refractivity contribution in [3.8, 4) is 0 Å². The molecular formula is C17H14ClNO. The zero-order valence-electron chi connectivity index (χ0n) is 11.1. The number of rotatable bonds is 4. The molecule has 0 aliphatic carbocycles. The van der Waals surface area contributed by atoms with E-state index in [-0.39, 0.29) is 5.78 Å². The number of hydrogen-bond acceptors (Lipinski definition) is 2. The maximum Gasteiger partial charge on any atom is 0.159 e. The van der Waals surface area contributed by atoms with Crippen LogP contribution < -0.4 is 0 Å². The molecule has 0 amide bonds. The van der Waals surface area contributed by atoms with Gasteiger partial charge in [0, 0.05) is 10.6 Å². The largest absolute Gasteiger partial charge is 0.300 e. The van der Waals surface area contributed by atoms with Crippen molar-refractivity contribution in [2.75, 3.05) is 0 Å². The van der Waals surface area contributed by atoms with Crippen LogP contribution in [0.1, 0.15) is 28.4 Å². The molecule has 2 aromatic rings. The highest BCUT2D eigenvalue weighted by Crippen LogP contribution is 2.13. The fraction of sp³-hybridized carbons (Fsp3) is 0.0588. The molecule has 2 rings (SSSR count). The lowest BCUT2D eigenvalue weighted by Gasteiger charge is -2.01. The number of nitrogens with one attached hydrogen (secondary N) is 1. The van der Waals surface area contributed by atoms with Gasteiger partial charge in [0.1, 0.15) is 0 Å². The highest BCUT2D eigenvalue weighted by molar-refractivity contribution is 6.30. The molecule has 0 saturated carbocycles. The Kier molecular flexibility index (Phi) is 4.49. The molecule has 0 aliphatic heterocycles. The van der Waals surface area contributed by atoms with Crippen molar-refractivity contribution < 1.29 is 4.79 Å². The van der Waals surface area contributed by atoms with Gasteiger partial charge in [-0.25, -0.2) is 0 Å². The van der Waals surface area contributed by atoms with E-state index in [1.807, 2.05) is 30.3 Å². The Morgan fingerprint density at radius 3 is 2.35 bits per heavy atom. The lowest BCUT2D eigenvalue weighted by Crippen LogP contribution is -1.97. The average Bonchev–Trinajstić information content (AvgIpc) is 2.45. The zero-order valence-corrected chi connectivity index (χ0v) is 11.8. The van der Waals surface area contributed by atoms with Crippen molar-refractivity contribution in [3.05, 3.63) is 76.3 Å². The van der Waals surface area contributed by atoms with Gasteiger partial charge in [0.15, 0.2) is 5.78 Å². The van der Waals surface area contributed by atoms with E-state index in [9.17, 15) is 4.79 Å². The molecule has 0 bridgehead atoms. The third-order valence-corrected chi connectivity index (χ3v) is 3.13. The summed E-state index contributed by atoms with van der Waals surface area (Å²) in [6, 6.07) is 14.5. The maximum absolute atomic E-state index is 11.2. The maximum atomic E-state index is 11.2. The lowest BCUT2D eigenvalue weighted by atomic mass is 10.0. The van der Waals surface area contributed by atoms with Gasteiger partial charge in [-0.05, 0) is 36.3 Å². The average molecular weight is 284 g/mol. The van der Waals surface area contributed by atoms with E-state index >= 15 is 0 Å². The summed E-state index contributed by atoms with van der Waals surface area (Å²) in [5, 5.41) is 8.68. The smallest absolute Gasteiger partial charge is 0.159 e. The van der Waals surface area contributed by atoms with Crippen LogP contribution >= 0.6 is 11.6 Å². The fourth-order valence-corrected chi connectivity index (χ4v) is 1.97. The number of halogens is 1. The van der Waals surface area contributed by atoms with Crippen LogP contribution in [0.2, 0.25) is 5.02 Å². The minimum Gasteiger partial charge on any atom is -0.300 e. The molecule has 0 radical (unpaired) electrons. The normalized spacial score (nSPS) is 10.7. The Hall–Kier alpha value is -2.19. The second-order valence-electron chi connectivity index (χ2n) is 4.44. The van der Waals surface area contributed by atoms with Gasteiger partial charge in [-0.1, -0.05) is 54.1 Å². The number of carbonyl (C=O) groups is 1. The van der Waals surface area contributed by atoms with Gasteiger partial charge in [-0.2, -0.15) is 0 Å². The minimum absolute atomic E-state index is 0.0255. The highest BCUT2D eigenvalue weighted by Gasteiger charge is 2.01. The molecule has 1 N–H and O–H groups in total. The van der Waals surface area contributed by atoms with Crippen molar-refractivity contribution in [1.82, 2.24) is 0 Å². The molecule has 20 heavy (non-hydrogen) atoms. The van der Waals surface area contributed by atoms with Gasteiger partial charge in [0.25, 0.3) is 0 Å². The molecular weight excluding hydrogens is 270 g/mol. The van der Waals surface area contributed by atoms with E-state index in [2.05, 4.69) is 0 Å². The predicted molar refractivity (Wildman–Crippen MR) is 83.8 cm³/mol. The third kappa shape index (κ3) is 3.65. The number of hydrogen-bond donors (Lipinski definition) is 1. The summed E-state index contributed by atoms with van der Waals surface area (Å²) in [5.41, 5.74) is 2.76. The Bertz CT molecular complexity index is 672. The summed E-state index contributed by atoms with van der Waals surface area (Å²) in [6.07, 6.45) is 3.56. The van der Waals surface area contributed by atoms with Crippen LogP contribution in [0.5, 0.6) is 0 Å². The van der Waals surface area contributed by atoms with Crippen molar-refractivity contribution in [2.24, 2.45) is 0 Å². The molecule has 0 aliphatic rings. The Morgan fingerprint density at radius 2 is 1.75 bits per heavy atom. The van der Waals surface area contributed by atoms with E-state index in [4.69, 9.17) is 17.0 Å². The molecule has 0 spiro atoms. The zero-order chi connectivity index (χ0) is 14.5. The van der Waals surface area contributed by atoms with Gasteiger partial charge < -0.3 is 5.41 Å². The summed E-state index contributed by atoms with van der Waals surface area (Å²) in [5.74, 6) is 0.0255. The molecule has 2 nitrogen and oxygen atoms in total. The summed E-state index contributed by atoms with van der Waals surface area (Å²) >= 11 is 5.90. The highest BCUT2D eigenvalue weighted by atomic mass is 35.5. The van der Waals surface area contributed by atoms with Crippen molar-refractivity contribution in [1.29, 1.82) is 5.41 Å². The van der Waals surface area contributed by atoms with Crippen molar-refractivity contribution in [2.45, 2.75) is 6.92 Å². The van der Waals surface area contributed by atoms with Crippen LogP contribution in [-0.2, 0) is 0 Å². The quantitative estimate of drug-likeness (QED) is 0.645. The molecule has 0 atom stereocenters. The standard InChI is InChI=1S/C17H14ClNO/c1-12(20)14-6-8-15(9-7-14)17(19)10-5-13-3-2-4-16(18)11-13/h2-11,19H,1H3/b10-5+,19-17?. The van der Waals surface area contributed by atoms with E-state index in [0.717, 1.165) is 11.1 Å². The second kappa shape index (κ2) is 6.31. The van der Waals surface area contributed by atoms with Crippen molar-refractivity contribution in [3.63, 3.8) is 0 Å². The Morgan fingerprint density at radius 1 is 1.10 bits per heavy atom. The minimum atomic E-state index is 0.0255. The van der Waals surface area contributed by atoms with Gasteiger partial charge in [-0.3, -0.25) is 4.79 Å². The van der Waals surface area contributed by atoms with Gasteiger partial charge >= 0.3 is 0 Å². The third-order valence-electron chi connectivity index (χ3n) is 2.89. The molecule has 100 valence electrons. The van der Waals surface area contributed by atoms with Crippen LogP contribution in [0.15, 0.2) is 54.6 Å². The first kappa shape index (κ1) is 14.2. The number of allylic oxidation sites excluding steroid dienone is 1. The van der Waals surface area contributed by atoms with Crippen LogP contribution in [0.25, 0.3) is 6.08 Å². The van der Waals surface area contributed by atoms with Gasteiger partial charge in [0.05, 0.1) is 5.71 Å². The van der Waals surface area contributed by atoms with Gasteiger partial charge in [0.2, 0.25) is 0 Å². The molecule has 3 heteroatoms. The van der Waals surface area contributed by atoms with E-state index in [1.54, 1.807) is 30.3 Å². The van der Waals surface area contributed by atoms with E-state index < -0.39 is 0 Å². The molecule has 0 unspecified atom stereocenters. The number of benzene rings is 2. The lowest BCUT2D eigenvalue weighted by molar-refractivity contribution is 0.101. The summed E-state index contributed by atoms with van der Waals surface area (Å²) in [7, 11) is 0. The van der Waals surface area contributed by atoms with Crippen LogP contribution in [0, 0.1) is 5.41 Å². The number of Topliss-reactive ketones (excluding diaryl/α,β-unsaturated/α-hetero) is 1. The molecule has 0 fully saturated rings. The number of ketones is 1. The SMILES string of the molecule is CC(=O)c1ccc(C(=N)/C=C/c2cccc(Cl)c2)cc1.